The smallest absolute Gasteiger partial charge is 0.417 e. The normalized spacial score (nSPS) is 11.7. The van der Waals surface area contributed by atoms with E-state index in [1.165, 1.54) is 0 Å². The van der Waals surface area contributed by atoms with Gasteiger partial charge in [0.25, 0.3) is 6.43 Å². The van der Waals surface area contributed by atoms with Gasteiger partial charge in [-0.1, -0.05) is 0 Å². The number of esters is 1. The lowest BCUT2D eigenvalue weighted by Gasteiger charge is -2.15. The highest BCUT2D eigenvalue weighted by Crippen LogP contribution is 2.36. The Labute approximate surface area is 97.6 Å². The first-order valence-corrected chi connectivity index (χ1v) is 4.42. The van der Waals surface area contributed by atoms with Crippen LogP contribution in [0.5, 0.6) is 0 Å². The van der Waals surface area contributed by atoms with Crippen LogP contribution in [0.25, 0.3) is 0 Å². The molecule has 9 heteroatoms. The van der Waals surface area contributed by atoms with Gasteiger partial charge < -0.3 is 10.5 Å². The van der Waals surface area contributed by atoms with Gasteiger partial charge in [0.05, 0.1) is 18.2 Å². The zero-order valence-electron chi connectivity index (χ0n) is 8.89. The van der Waals surface area contributed by atoms with Gasteiger partial charge in [0.15, 0.2) is 0 Å². The van der Waals surface area contributed by atoms with Crippen LogP contribution in [0.15, 0.2) is 6.07 Å². The summed E-state index contributed by atoms with van der Waals surface area (Å²) < 4.78 is 67.1. The van der Waals surface area contributed by atoms with E-state index in [-0.39, 0.29) is 0 Å². The topological polar surface area (TPSA) is 65.2 Å². The molecule has 0 aromatic carbocycles. The molecule has 1 aromatic rings. The molecule has 0 bridgehead atoms. The van der Waals surface area contributed by atoms with Gasteiger partial charge in [-0.15, -0.1) is 0 Å². The van der Waals surface area contributed by atoms with Crippen molar-refractivity contribution in [3.05, 3.63) is 22.9 Å². The largest absolute Gasteiger partial charge is 0.465 e. The van der Waals surface area contributed by atoms with E-state index in [1.54, 1.807) is 0 Å². The summed E-state index contributed by atoms with van der Waals surface area (Å²) in [5.41, 5.74) is 0.731. The van der Waals surface area contributed by atoms with Crippen LogP contribution in [0.1, 0.15) is 28.0 Å². The highest BCUT2D eigenvalue weighted by molar-refractivity contribution is 5.93. The van der Waals surface area contributed by atoms with E-state index < -0.39 is 41.2 Å². The van der Waals surface area contributed by atoms with Crippen LogP contribution in [0, 0.1) is 0 Å². The number of alkyl halides is 5. The van der Waals surface area contributed by atoms with Crippen LogP contribution < -0.4 is 5.73 Å². The Hall–Kier alpha value is -1.93. The van der Waals surface area contributed by atoms with E-state index in [4.69, 9.17) is 5.73 Å². The first kappa shape index (κ1) is 14.1. The maximum atomic E-state index is 12.6. The molecule has 1 rings (SSSR count). The van der Waals surface area contributed by atoms with E-state index in [9.17, 15) is 26.7 Å². The van der Waals surface area contributed by atoms with Gasteiger partial charge in [-0.3, -0.25) is 0 Å². The Morgan fingerprint density at radius 2 is 2.00 bits per heavy atom. The Kier molecular flexibility index (Phi) is 3.73. The van der Waals surface area contributed by atoms with Crippen LogP contribution in [-0.4, -0.2) is 18.1 Å². The molecule has 0 amide bonds. The van der Waals surface area contributed by atoms with Crippen molar-refractivity contribution in [2.45, 2.75) is 12.6 Å². The molecule has 0 spiro atoms. The predicted molar refractivity (Wildman–Crippen MR) is 49.9 cm³/mol. The number of halogens is 5. The molecule has 1 aromatic heterocycles. The molecule has 0 fully saturated rings. The molecule has 1 heterocycles. The maximum Gasteiger partial charge on any atom is 0.417 e. The SMILES string of the molecule is COC(=O)c1c(C(F)(F)F)cc(N)nc1C(F)F. The van der Waals surface area contributed by atoms with Crippen molar-refractivity contribution >= 4 is 11.8 Å². The van der Waals surface area contributed by atoms with Crippen LogP contribution in [0.2, 0.25) is 0 Å². The summed E-state index contributed by atoms with van der Waals surface area (Å²) in [6, 6.07) is 0.304. The molecule has 4 nitrogen and oxygen atoms in total. The van der Waals surface area contributed by atoms with Crippen molar-refractivity contribution in [3.8, 4) is 0 Å². The number of hydrogen-bond acceptors (Lipinski definition) is 4. The summed E-state index contributed by atoms with van der Waals surface area (Å²) in [6.07, 6.45) is -8.41. The summed E-state index contributed by atoms with van der Waals surface area (Å²) in [4.78, 5) is 14.2. The van der Waals surface area contributed by atoms with E-state index in [0.717, 1.165) is 7.11 Å². The predicted octanol–water partition coefficient (Wildman–Crippen LogP) is 2.41. The molecule has 0 aliphatic rings. The zero-order chi connectivity index (χ0) is 14.1. The Morgan fingerprint density at radius 1 is 1.44 bits per heavy atom. The average molecular weight is 270 g/mol. The third kappa shape index (κ3) is 2.66. The minimum absolute atomic E-state index is 0.304. The molecule has 0 saturated heterocycles. The molecule has 0 radical (unpaired) electrons. The van der Waals surface area contributed by atoms with Crippen molar-refractivity contribution in [3.63, 3.8) is 0 Å². The summed E-state index contributed by atoms with van der Waals surface area (Å²) in [7, 11) is 0.772. The first-order chi connectivity index (χ1) is 8.18. The van der Waals surface area contributed by atoms with Crippen molar-refractivity contribution in [1.82, 2.24) is 4.98 Å². The Balaban J connectivity index is 3.64. The lowest BCUT2D eigenvalue weighted by molar-refractivity contribution is -0.138. The highest BCUT2D eigenvalue weighted by atomic mass is 19.4. The maximum absolute atomic E-state index is 12.6. The van der Waals surface area contributed by atoms with Gasteiger partial charge in [0.2, 0.25) is 0 Å². The third-order valence-corrected chi connectivity index (χ3v) is 1.97. The van der Waals surface area contributed by atoms with Gasteiger partial charge in [-0.05, 0) is 6.07 Å². The summed E-state index contributed by atoms with van der Waals surface area (Å²) in [5.74, 6) is -2.31. The molecule has 18 heavy (non-hydrogen) atoms. The van der Waals surface area contributed by atoms with E-state index in [2.05, 4.69) is 9.72 Å². The summed E-state index contributed by atoms with van der Waals surface area (Å²) in [6.45, 7) is 0. The number of methoxy groups -OCH3 is 1. The minimum atomic E-state index is -5.02. The molecule has 0 atom stereocenters. The molecule has 0 aliphatic heterocycles. The van der Waals surface area contributed by atoms with Gasteiger partial charge in [-0.2, -0.15) is 13.2 Å². The van der Waals surface area contributed by atoms with Gasteiger partial charge >= 0.3 is 12.1 Å². The van der Waals surface area contributed by atoms with Gasteiger partial charge in [-0.25, -0.2) is 18.6 Å². The number of rotatable bonds is 2. The number of nitrogens with zero attached hydrogens (tertiary/aromatic N) is 1. The standard InChI is InChI=1S/C9H7F5N2O2/c1-18-8(17)5-3(9(12,13)14)2-4(15)16-6(5)7(10)11/h2,7H,1H3,(H2,15,16). The molecule has 0 aliphatic carbocycles. The quantitative estimate of drug-likeness (QED) is 0.662. The number of nitrogen functional groups attached to an aromatic ring is 1. The molecule has 100 valence electrons. The van der Waals surface area contributed by atoms with Gasteiger partial charge in [0, 0.05) is 0 Å². The summed E-state index contributed by atoms with van der Waals surface area (Å²) in [5, 5.41) is 0. The number of carbonyl (C=O) groups excluding carboxylic acids is 1. The van der Waals surface area contributed by atoms with Crippen LogP contribution in [-0.2, 0) is 10.9 Å². The van der Waals surface area contributed by atoms with E-state index >= 15 is 0 Å². The second-order valence-corrected chi connectivity index (χ2v) is 3.14. The molecule has 0 saturated carbocycles. The third-order valence-electron chi connectivity index (χ3n) is 1.97. The Bertz CT molecular complexity index is 473. The molecule has 2 N–H and O–H groups in total. The Morgan fingerprint density at radius 3 is 2.39 bits per heavy atom. The number of nitrogens with two attached hydrogens (primary N) is 1. The van der Waals surface area contributed by atoms with Crippen molar-refractivity contribution < 1.29 is 31.5 Å². The molecular formula is C9H7F5N2O2. The fraction of sp³-hybridized carbons (Fsp3) is 0.333. The second kappa shape index (κ2) is 4.75. The fourth-order valence-electron chi connectivity index (χ4n) is 1.28. The first-order valence-electron chi connectivity index (χ1n) is 4.42. The van der Waals surface area contributed by atoms with Crippen LogP contribution in [0.4, 0.5) is 27.8 Å². The number of pyridine rings is 1. The number of ether oxygens (including phenoxy) is 1. The summed E-state index contributed by atoms with van der Waals surface area (Å²) >= 11 is 0. The zero-order valence-corrected chi connectivity index (χ0v) is 8.89. The monoisotopic (exact) mass is 270 g/mol. The fourth-order valence-corrected chi connectivity index (χ4v) is 1.28. The lowest BCUT2D eigenvalue weighted by atomic mass is 10.1. The van der Waals surface area contributed by atoms with Crippen LogP contribution >= 0.6 is 0 Å². The molecular weight excluding hydrogens is 263 g/mol. The van der Waals surface area contributed by atoms with E-state index in [0.29, 0.717) is 6.07 Å². The van der Waals surface area contributed by atoms with Crippen molar-refractivity contribution in [2.75, 3.05) is 12.8 Å². The van der Waals surface area contributed by atoms with Gasteiger partial charge in [0.1, 0.15) is 11.5 Å². The van der Waals surface area contributed by atoms with Crippen molar-refractivity contribution in [1.29, 1.82) is 0 Å². The van der Waals surface area contributed by atoms with Crippen molar-refractivity contribution in [2.24, 2.45) is 0 Å². The molecule has 0 unspecified atom stereocenters. The average Bonchev–Trinajstić information content (AvgIpc) is 2.25. The number of aromatic nitrogens is 1. The second-order valence-electron chi connectivity index (χ2n) is 3.14. The highest BCUT2D eigenvalue weighted by Gasteiger charge is 2.39. The lowest BCUT2D eigenvalue weighted by Crippen LogP contribution is -2.19. The number of hydrogen-bond donors (Lipinski definition) is 1. The van der Waals surface area contributed by atoms with Crippen LogP contribution in [0.3, 0.4) is 0 Å². The van der Waals surface area contributed by atoms with E-state index in [1.807, 2.05) is 0 Å². The minimum Gasteiger partial charge on any atom is -0.465 e. The number of carbonyl (C=O) groups is 1. The number of anilines is 1.